The molecule has 0 aliphatic heterocycles. The third-order valence-electron chi connectivity index (χ3n) is 4.42. The molecule has 0 saturated carbocycles. The number of hydrogen-bond donors (Lipinski definition) is 1. The summed E-state index contributed by atoms with van der Waals surface area (Å²) < 4.78 is 39.5. The number of benzene rings is 1. The van der Waals surface area contributed by atoms with E-state index in [2.05, 4.69) is 20.4 Å². The van der Waals surface area contributed by atoms with Gasteiger partial charge in [-0.1, -0.05) is 6.07 Å². The van der Waals surface area contributed by atoms with Crippen molar-refractivity contribution in [2.75, 3.05) is 5.32 Å². The van der Waals surface area contributed by atoms with Crippen LogP contribution < -0.4 is 5.32 Å². The monoisotopic (exact) mass is 408 g/mol. The van der Waals surface area contributed by atoms with Crippen molar-refractivity contribution in [1.29, 1.82) is 0 Å². The summed E-state index contributed by atoms with van der Waals surface area (Å²) in [6.45, 7) is 4.57. The summed E-state index contributed by atoms with van der Waals surface area (Å²) in [5, 5.41) is 17.0. The molecule has 2 aromatic heterocycles. The minimum absolute atomic E-state index is 0.138. The number of nitro benzene ring substituents is 1. The number of alkyl halides is 3. The van der Waals surface area contributed by atoms with E-state index >= 15 is 0 Å². The smallest absolute Gasteiger partial charge is 0.325 e. The van der Waals surface area contributed by atoms with Crippen LogP contribution in [-0.4, -0.2) is 30.4 Å². The lowest BCUT2D eigenvalue weighted by Gasteiger charge is -2.12. The number of amides is 1. The lowest BCUT2D eigenvalue weighted by molar-refractivity contribution is -0.385. The van der Waals surface area contributed by atoms with Crippen LogP contribution in [0, 0.1) is 30.9 Å². The number of fused-ring (bicyclic) bond motifs is 1. The third kappa shape index (κ3) is 3.86. The Hall–Kier alpha value is -3.57. The summed E-state index contributed by atoms with van der Waals surface area (Å²) in [6.07, 6.45) is -4.92. The Kier molecular flexibility index (Phi) is 4.95. The van der Waals surface area contributed by atoms with Crippen molar-refractivity contribution in [3.8, 4) is 0 Å². The second kappa shape index (κ2) is 7.11. The second-order valence-electron chi connectivity index (χ2n) is 6.34. The van der Waals surface area contributed by atoms with Gasteiger partial charge in [-0.3, -0.25) is 14.9 Å². The maximum Gasteiger partial charge on any atom is 0.453 e. The average Bonchev–Trinajstić information content (AvgIpc) is 3.04. The van der Waals surface area contributed by atoms with E-state index in [9.17, 15) is 28.1 Å². The van der Waals surface area contributed by atoms with Gasteiger partial charge in [-0.2, -0.15) is 18.2 Å². The Morgan fingerprint density at radius 1 is 1.24 bits per heavy atom. The molecule has 9 nitrogen and oxygen atoms in total. The Morgan fingerprint density at radius 3 is 2.55 bits per heavy atom. The van der Waals surface area contributed by atoms with Gasteiger partial charge in [0.05, 0.1) is 22.6 Å². The molecule has 0 aliphatic carbocycles. The zero-order valence-corrected chi connectivity index (χ0v) is 15.5. The number of aromatic nitrogens is 4. The Morgan fingerprint density at radius 2 is 1.93 bits per heavy atom. The van der Waals surface area contributed by atoms with E-state index in [4.69, 9.17) is 0 Å². The van der Waals surface area contributed by atoms with Crippen molar-refractivity contribution in [2.45, 2.75) is 33.4 Å². The van der Waals surface area contributed by atoms with Crippen LogP contribution in [-0.2, 0) is 17.4 Å². The number of halogens is 3. The molecule has 152 valence electrons. The van der Waals surface area contributed by atoms with Crippen molar-refractivity contribution in [3.63, 3.8) is 0 Å². The fourth-order valence-corrected chi connectivity index (χ4v) is 2.90. The molecule has 0 saturated heterocycles. The van der Waals surface area contributed by atoms with E-state index in [-0.39, 0.29) is 23.6 Å². The first-order valence-electron chi connectivity index (χ1n) is 8.33. The minimum Gasteiger partial charge on any atom is -0.325 e. The maximum atomic E-state index is 12.9. The number of carbonyl (C=O) groups is 1. The predicted molar refractivity (Wildman–Crippen MR) is 95.4 cm³/mol. The quantitative estimate of drug-likeness (QED) is 0.524. The van der Waals surface area contributed by atoms with Crippen molar-refractivity contribution in [1.82, 2.24) is 19.6 Å². The van der Waals surface area contributed by atoms with Crippen LogP contribution in [0.4, 0.5) is 24.5 Å². The lowest BCUT2D eigenvalue weighted by atomic mass is 10.1. The zero-order chi connectivity index (χ0) is 21.5. The van der Waals surface area contributed by atoms with Crippen LogP contribution in [0.5, 0.6) is 0 Å². The fraction of sp³-hybridized carbons (Fsp3) is 0.294. The number of carbonyl (C=O) groups excluding carboxylic acids is 1. The molecule has 2 heterocycles. The average molecular weight is 408 g/mol. The van der Waals surface area contributed by atoms with E-state index in [0.717, 1.165) is 4.52 Å². The highest BCUT2D eigenvalue weighted by atomic mass is 19.4. The molecular formula is C17H15F3N6O3. The van der Waals surface area contributed by atoms with E-state index < -0.39 is 22.8 Å². The van der Waals surface area contributed by atoms with Crippen LogP contribution in [0.15, 0.2) is 18.2 Å². The van der Waals surface area contributed by atoms with Gasteiger partial charge >= 0.3 is 6.18 Å². The van der Waals surface area contributed by atoms with Crippen molar-refractivity contribution >= 4 is 23.1 Å². The van der Waals surface area contributed by atoms with Gasteiger partial charge < -0.3 is 5.32 Å². The molecule has 0 bridgehead atoms. The van der Waals surface area contributed by atoms with Crippen LogP contribution >= 0.6 is 0 Å². The maximum absolute atomic E-state index is 12.9. The van der Waals surface area contributed by atoms with Gasteiger partial charge in [0, 0.05) is 23.0 Å². The molecule has 0 radical (unpaired) electrons. The first-order valence-corrected chi connectivity index (χ1v) is 8.33. The highest BCUT2D eigenvalue weighted by Crippen LogP contribution is 2.28. The van der Waals surface area contributed by atoms with Crippen LogP contribution in [0.3, 0.4) is 0 Å². The van der Waals surface area contributed by atoms with E-state index in [1.165, 1.54) is 32.0 Å². The fourth-order valence-electron chi connectivity index (χ4n) is 2.90. The van der Waals surface area contributed by atoms with E-state index in [0.29, 0.717) is 22.5 Å². The molecule has 3 aromatic rings. The van der Waals surface area contributed by atoms with Gasteiger partial charge in [0.15, 0.2) is 0 Å². The summed E-state index contributed by atoms with van der Waals surface area (Å²) in [4.78, 5) is 30.3. The first kappa shape index (κ1) is 20.2. The summed E-state index contributed by atoms with van der Waals surface area (Å²) in [6, 6.07) is 4.29. The van der Waals surface area contributed by atoms with Gasteiger partial charge in [0.2, 0.25) is 5.91 Å². The number of hydrogen-bond acceptors (Lipinski definition) is 6. The van der Waals surface area contributed by atoms with E-state index in [1.54, 1.807) is 6.92 Å². The predicted octanol–water partition coefficient (Wildman–Crippen LogP) is 3.16. The number of anilines is 1. The molecule has 0 unspecified atom stereocenters. The molecule has 0 aliphatic rings. The van der Waals surface area contributed by atoms with Gasteiger partial charge in [-0.25, -0.2) is 9.50 Å². The first-order chi connectivity index (χ1) is 13.5. The molecule has 1 amide bonds. The van der Waals surface area contributed by atoms with Gasteiger partial charge in [0.1, 0.15) is 0 Å². The highest BCUT2D eigenvalue weighted by Gasteiger charge is 2.37. The van der Waals surface area contributed by atoms with Crippen molar-refractivity contribution in [2.24, 2.45) is 0 Å². The van der Waals surface area contributed by atoms with Crippen LogP contribution in [0.1, 0.15) is 28.3 Å². The number of nitrogens with zero attached hydrogens (tertiary/aromatic N) is 5. The molecule has 0 fully saturated rings. The Balaban J connectivity index is 1.91. The molecular weight excluding hydrogens is 393 g/mol. The number of rotatable bonds is 4. The van der Waals surface area contributed by atoms with E-state index in [1.807, 2.05) is 0 Å². The van der Waals surface area contributed by atoms with Gasteiger partial charge in [-0.15, -0.1) is 5.10 Å². The molecule has 1 N–H and O–H groups in total. The summed E-state index contributed by atoms with van der Waals surface area (Å²) in [5.41, 5.74) is 1.44. The molecule has 1 aromatic carbocycles. The normalized spacial score (nSPS) is 11.7. The zero-order valence-electron chi connectivity index (χ0n) is 15.5. The SMILES string of the molecule is Cc1nc2nc(C(F)(F)F)nn2c(C)c1CC(=O)Nc1cccc([N+](=O)[O-])c1C. The number of nitro groups is 1. The lowest BCUT2D eigenvalue weighted by Crippen LogP contribution is -2.18. The van der Waals surface area contributed by atoms with Crippen molar-refractivity contribution in [3.05, 3.63) is 56.7 Å². The standard InChI is InChI=1S/C17H15F3N6O3/c1-8-12(5-4-6-13(8)26(28)29)22-14(27)7-11-9(2)21-16-23-15(17(18,19)20)24-25(16)10(11)3/h4-6H,7H2,1-3H3,(H,22,27). The van der Waals surface area contributed by atoms with Crippen LogP contribution in [0.2, 0.25) is 0 Å². The summed E-state index contributed by atoms with van der Waals surface area (Å²) in [7, 11) is 0. The number of aryl methyl sites for hydroxylation is 2. The van der Waals surface area contributed by atoms with Crippen LogP contribution in [0.25, 0.3) is 5.78 Å². The van der Waals surface area contributed by atoms with Crippen molar-refractivity contribution < 1.29 is 22.9 Å². The third-order valence-corrected chi connectivity index (χ3v) is 4.42. The Labute approximate surface area is 161 Å². The molecule has 0 atom stereocenters. The summed E-state index contributed by atoms with van der Waals surface area (Å²) in [5.74, 6) is -2.04. The second-order valence-corrected chi connectivity index (χ2v) is 6.34. The largest absolute Gasteiger partial charge is 0.453 e. The topological polar surface area (TPSA) is 115 Å². The Bertz CT molecular complexity index is 1140. The van der Waals surface area contributed by atoms with Gasteiger partial charge in [-0.05, 0) is 26.8 Å². The highest BCUT2D eigenvalue weighted by molar-refractivity contribution is 5.93. The molecule has 12 heteroatoms. The van der Waals surface area contributed by atoms with Gasteiger partial charge in [0.25, 0.3) is 17.3 Å². The molecule has 3 rings (SSSR count). The summed E-state index contributed by atoms with van der Waals surface area (Å²) >= 11 is 0. The molecule has 29 heavy (non-hydrogen) atoms. The number of nitrogens with one attached hydrogen (secondary N) is 1. The molecule has 0 spiro atoms. The minimum atomic E-state index is -4.72.